The van der Waals surface area contributed by atoms with E-state index >= 15 is 0 Å². The van der Waals surface area contributed by atoms with Gasteiger partial charge in [-0.15, -0.1) is 0 Å². The van der Waals surface area contributed by atoms with Gasteiger partial charge in [0.25, 0.3) is 0 Å². The van der Waals surface area contributed by atoms with Crippen LogP contribution in [0.2, 0.25) is 0 Å². The highest BCUT2D eigenvalue weighted by atomic mass is 16.5. The van der Waals surface area contributed by atoms with Crippen LogP contribution in [0, 0.1) is 23.9 Å². The Bertz CT molecular complexity index is 240. The lowest BCUT2D eigenvalue weighted by atomic mass is 9.85. The third-order valence-corrected chi connectivity index (χ3v) is 2.95. The van der Waals surface area contributed by atoms with Gasteiger partial charge in [-0.2, -0.15) is 4.74 Å². The fourth-order valence-electron chi connectivity index (χ4n) is 2.18. The first kappa shape index (κ1) is 8.64. The molecular weight excluding hydrogens is 160 g/mol. The van der Waals surface area contributed by atoms with E-state index in [4.69, 9.17) is 4.74 Å². The normalized spacial score (nSPS) is 35.1. The standard InChI is InChI=1S/C12H15O/c1-9(13-2)12-10-5-3-4-6-11(12)8-7-10/h3-8,10-12H,1-2H3/q+1. The third-order valence-electron chi connectivity index (χ3n) is 2.95. The number of rotatable bonds is 2. The lowest BCUT2D eigenvalue weighted by Gasteiger charge is -2.15. The van der Waals surface area contributed by atoms with Crippen LogP contribution in [0.5, 0.6) is 0 Å². The molecule has 0 heterocycles. The zero-order chi connectivity index (χ0) is 9.26. The molecule has 0 saturated carbocycles. The summed E-state index contributed by atoms with van der Waals surface area (Å²) in [5, 5.41) is 0. The summed E-state index contributed by atoms with van der Waals surface area (Å²) < 4.78 is 5.33. The largest absolute Gasteiger partial charge is 0.242 e. The van der Waals surface area contributed by atoms with E-state index in [2.05, 4.69) is 43.4 Å². The maximum Gasteiger partial charge on any atom is 0.242 e. The van der Waals surface area contributed by atoms with Gasteiger partial charge in [-0.05, 0) is 0 Å². The molecule has 0 aromatic heterocycles. The minimum atomic E-state index is 0.514. The molecule has 2 bridgehead atoms. The van der Waals surface area contributed by atoms with Crippen molar-refractivity contribution in [1.82, 2.24) is 0 Å². The van der Waals surface area contributed by atoms with Gasteiger partial charge < -0.3 is 0 Å². The molecule has 0 N–H and O–H groups in total. The zero-order valence-electron chi connectivity index (χ0n) is 8.10. The van der Waals surface area contributed by atoms with Crippen LogP contribution < -0.4 is 0 Å². The molecule has 0 aromatic rings. The number of methoxy groups -OCH3 is 1. The van der Waals surface area contributed by atoms with Gasteiger partial charge in [-0.1, -0.05) is 36.5 Å². The third kappa shape index (κ3) is 1.44. The van der Waals surface area contributed by atoms with Crippen LogP contribution >= 0.6 is 0 Å². The Labute approximate surface area is 79.8 Å². The molecule has 2 unspecified atom stereocenters. The minimum Gasteiger partial charge on any atom is -0.197 e. The van der Waals surface area contributed by atoms with E-state index in [1.807, 2.05) is 0 Å². The first-order chi connectivity index (χ1) is 6.33. The number of allylic oxidation sites excluding steroid dienone is 6. The van der Waals surface area contributed by atoms with Crippen LogP contribution in [-0.2, 0) is 4.74 Å². The van der Waals surface area contributed by atoms with Crippen LogP contribution in [0.15, 0.2) is 36.5 Å². The van der Waals surface area contributed by atoms with Crippen molar-refractivity contribution in [2.24, 2.45) is 17.8 Å². The Kier molecular flexibility index (Phi) is 2.28. The van der Waals surface area contributed by atoms with Gasteiger partial charge in [0.05, 0.1) is 7.11 Å². The Hall–Kier alpha value is -0.950. The topological polar surface area (TPSA) is 9.23 Å². The fourth-order valence-corrected chi connectivity index (χ4v) is 2.18. The summed E-state index contributed by atoms with van der Waals surface area (Å²) >= 11 is 0. The highest BCUT2D eigenvalue weighted by Crippen LogP contribution is 2.40. The molecule has 2 aliphatic rings. The van der Waals surface area contributed by atoms with Crippen LogP contribution in [0.1, 0.15) is 6.92 Å². The monoisotopic (exact) mass is 175 g/mol. The molecule has 0 fully saturated rings. The molecule has 0 radical (unpaired) electrons. The lowest BCUT2D eigenvalue weighted by Crippen LogP contribution is -2.20. The molecule has 0 aromatic carbocycles. The molecule has 13 heavy (non-hydrogen) atoms. The average Bonchev–Trinajstić information content (AvgIpc) is 2.38. The van der Waals surface area contributed by atoms with Crippen LogP contribution in [-0.4, -0.2) is 7.11 Å². The van der Waals surface area contributed by atoms with E-state index in [0.29, 0.717) is 17.8 Å². The first-order valence-electron chi connectivity index (χ1n) is 4.73. The van der Waals surface area contributed by atoms with Crippen LogP contribution in [0.3, 0.4) is 0 Å². The van der Waals surface area contributed by atoms with Crippen molar-refractivity contribution in [3.8, 4) is 0 Å². The van der Waals surface area contributed by atoms with E-state index < -0.39 is 0 Å². The summed E-state index contributed by atoms with van der Waals surface area (Å²) in [5.41, 5.74) is 0. The molecule has 0 amide bonds. The quantitative estimate of drug-likeness (QED) is 0.463. The highest BCUT2D eigenvalue weighted by molar-refractivity contribution is 5.27. The van der Waals surface area contributed by atoms with Crippen molar-refractivity contribution in [3.05, 3.63) is 42.6 Å². The van der Waals surface area contributed by atoms with Gasteiger partial charge in [0.1, 0.15) is 6.92 Å². The van der Waals surface area contributed by atoms with Gasteiger partial charge >= 0.3 is 0 Å². The highest BCUT2D eigenvalue weighted by Gasteiger charge is 2.42. The maximum atomic E-state index is 5.33. The van der Waals surface area contributed by atoms with Crippen molar-refractivity contribution >= 4 is 0 Å². The van der Waals surface area contributed by atoms with Crippen LogP contribution in [0.25, 0.3) is 0 Å². The van der Waals surface area contributed by atoms with Gasteiger partial charge in [0, 0.05) is 11.8 Å². The van der Waals surface area contributed by atoms with Crippen molar-refractivity contribution in [2.75, 3.05) is 7.11 Å². The molecule has 0 spiro atoms. The SMILES string of the molecule is CO[C+](C)C1C2C=CC=CC1C=C2. The smallest absolute Gasteiger partial charge is 0.197 e. The second-order valence-electron chi connectivity index (χ2n) is 3.65. The minimum absolute atomic E-state index is 0.514. The number of hydrogen-bond acceptors (Lipinski definition) is 1. The predicted octanol–water partition coefficient (Wildman–Crippen LogP) is 2.73. The zero-order valence-corrected chi connectivity index (χ0v) is 8.10. The van der Waals surface area contributed by atoms with Crippen molar-refractivity contribution in [3.63, 3.8) is 0 Å². The van der Waals surface area contributed by atoms with Crippen molar-refractivity contribution in [1.29, 1.82) is 0 Å². The average molecular weight is 175 g/mol. The number of ether oxygens (including phenoxy) is 1. The molecule has 1 heteroatoms. The van der Waals surface area contributed by atoms with Gasteiger partial charge in [0.2, 0.25) is 6.10 Å². The van der Waals surface area contributed by atoms with E-state index in [1.54, 1.807) is 7.11 Å². The molecule has 2 atom stereocenters. The number of hydrogen-bond donors (Lipinski definition) is 0. The Morgan fingerprint density at radius 3 is 2.00 bits per heavy atom. The predicted molar refractivity (Wildman–Crippen MR) is 53.8 cm³/mol. The van der Waals surface area contributed by atoms with E-state index in [9.17, 15) is 0 Å². The molecule has 0 saturated heterocycles. The molecule has 2 rings (SSSR count). The molecular formula is C12H15O+. The number of fused-ring (bicyclic) bond motifs is 2. The lowest BCUT2D eigenvalue weighted by molar-refractivity contribution is 0.145. The summed E-state index contributed by atoms with van der Waals surface area (Å²) in [6, 6.07) is 0. The van der Waals surface area contributed by atoms with Gasteiger partial charge in [-0.3, -0.25) is 0 Å². The molecule has 1 nitrogen and oxygen atoms in total. The second kappa shape index (κ2) is 3.43. The Morgan fingerprint density at radius 2 is 1.54 bits per heavy atom. The molecule has 2 aliphatic carbocycles. The van der Waals surface area contributed by atoms with Gasteiger partial charge in [0.15, 0.2) is 5.92 Å². The van der Waals surface area contributed by atoms with Crippen LogP contribution in [0.4, 0.5) is 0 Å². The summed E-state index contributed by atoms with van der Waals surface area (Å²) in [6.45, 7) is 2.07. The molecule has 68 valence electrons. The summed E-state index contributed by atoms with van der Waals surface area (Å²) in [6.07, 6.45) is 14.4. The first-order valence-corrected chi connectivity index (χ1v) is 4.73. The molecule has 0 aliphatic heterocycles. The fraction of sp³-hybridized carbons (Fsp3) is 0.417. The van der Waals surface area contributed by atoms with E-state index in [1.165, 1.54) is 0 Å². The second-order valence-corrected chi connectivity index (χ2v) is 3.65. The van der Waals surface area contributed by atoms with Crippen molar-refractivity contribution < 1.29 is 4.74 Å². The Morgan fingerprint density at radius 1 is 1.00 bits per heavy atom. The summed E-state index contributed by atoms with van der Waals surface area (Å²) in [7, 11) is 1.76. The Balaban J connectivity index is 2.22. The maximum absolute atomic E-state index is 5.33. The van der Waals surface area contributed by atoms with Crippen molar-refractivity contribution in [2.45, 2.75) is 6.92 Å². The van der Waals surface area contributed by atoms with Gasteiger partial charge in [-0.25, -0.2) is 0 Å². The van der Waals surface area contributed by atoms with E-state index in [-0.39, 0.29) is 0 Å². The summed E-state index contributed by atoms with van der Waals surface area (Å²) in [5.74, 6) is 1.57. The van der Waals surface area contributed by atoms with E-state index in [0.717, 1.165) is 6.10 Å². The summed E-state index contributed by atoms with van der Waals surface area (Å²) in [4.78, 5) is 0.